The van der Waals surface area contributed by atoms with Crippen molar-refractivity contribution < 1.29 is 27.5 Å². The van der Waals surface area contributed by atoms with Gasteiger partial charge in [-0.25, -0.2) is 13.8 Å². The Morgan fingerprint density at radius 3 is 2.22 bits per heavy atom. The summed E-state index contributed by atoms with van der Waals surface area (Å²) >= 11 is 0. The van der Waals surface area contributed by atoms with E-state index in [1.165, 1.54) is 31.9 Å². The van der Waals surface area contributed by atoms with Crippen LogP contribution < -0.4 is 24.5 Å². The van der Waals surface area contributed by atoms with Crippen LogP contribution >= 0.6 is 0 Å². The first-order valence-corrected chi connectivity index (χ1v) is 14.8. The molecule has 41 heavy (non-hydrogen) atoms. The van der Waals surface area contributed by atoms with Crippen LogP contribution in [0.3, 0.4) is 0 Å². The molecule has 11 heteroatoms. The number of rotatable bonds is 12. The molecule has 0 aliphatic heterocycles. The van der Waals surface area contributed by atoms with Crippen LogP contribution in [-0.2, 0) is 19.6 Å². The number of hydrazone groups is 1. The fourth-order valence-electron chi connectivity index (χ4n) is 4.44. The van der Waals surface area contributed by atoms with Crippen molar-refractivity contribution in [3.05, 3.63) is 84.4 Å². The van der Waals surface area contributed by atoms with E-state index in [-0.39, 0.29) is 23.5 Å². The third-order valence-electron chi connectivity index (χ3n) is 6.60. The monoisotopic (exact) mass is 578 g/mol. The average Bonchev–Trinajstić information content (AvgIpc) is 3.00. The van der Waals surface area contributed by atoms with E-state index in [1.807, 2.05) is 0 Å². The molecule has 0 saturated heterocycles. The number of nitrogens with one attached hydrogen (secondary N) is 2. The summed E-state index contributed by atoms with van der Waals surface area (Å²) in [7, 11) is -2.56. The number of anilines is 1. The first-order chi connectivity index (χ1) is 19.8. The van der Waals surface area contributed by atoms with E-state index in [1.54, 1.807) is 66.7 Å². The predicted octanol–water partition coefficient (Wildman–Crippen LogP) is 3.87. The van der Waals surface area contributed by atoms with Crippen molar-refractivity contribution in [3.8, 4) is 11.5 Å². The summed E-state index contributed by atoms with van der Waals surface area (Å²) in [6.07, 6.45) is 6.97. The summed E-state index contributed by atoms with van der Waals surface area (Å²) in [6.45, 7) is -0.539. The van der Waals surface area contributed by atoms with Gasteiger partial charge in [0.25, 0.3) is 21.8 Å². The number of carbonyl (C=O) groups is 2. The molecule has 2 N–H and O–H groups in total. The van der Waals surface area contributed by atoms with Crippen molar-refractivity contribution in [3.63, 3.8) is 0 Å². The Bertz CT molecular complexity index is 1420. The molecule has 1 aliphatic rings. The number of benzene rings is 3. The maximum absolute atomic E-state index is 13.4. The molecule has 0 radical (unpaired) electrons. The van der Waals surface area contributed by atoms with Crippen molar-refractivity contribution in [1.29, 1.82) is 0 Å². The Balaban J connectivity index is 1.32. The lowest BCUT2D eigenvalue weighted by Gasteiger charge is -2.23. The van der Waals surface area contributed by atoms with Crippen LogP contribution in [0.25, 0.3) is 0 Å². The lowest BCUT2D eigenvalue weighted by molar-refractivity contribution is -0.124. The molecular formula is C30H34N4O6S. The van der Waals surface area contributed by atoms with E-state index in [9.17, 15) is 18.0 Å². The van der Waals surface area contributed by atoms with Gasteiger partial charge in [0.15, 0.2) is 6.61 Å². The second kappa shape index (κ2) is 14.3. The molecule has 1 fully saturated rings. The molecule has 1 aliphatic carbocycles. The largest absolute Gasteiger partial charge is 0.497 e. The Morgan fingerprint density at radius 1 is 0.902 bits per heavy atom. The first kappa shape index (κ1) is 29.6. The first-order valence-electron chi connectivity index (χ1n) is 13.4. The third-order valence-corrected chi connectivity index (χ3v) is 8.39. The number of para-hydroxylation sites is 1. The van der Waals surface area contributed by atoms with E-state index in [4.69, 9.17) is 9.47 Å². The van der Waals surface area contributed by atoms with E-state index < -0.39 is 22.5 Å². The zero-order chi connectivity index (χ0) is 29.1. The van der Waals surface area contributed by atoms with E-state index in [2.05, 4.69) is 15.8 Å². The number of nitrogens with zero attached hydrogens (tertiary/aromatic N) is 2. The normalized spacial score (nSPS) is 13.9. The summed E-state index contributed by atoms with van der Waals surface area (Å²) in [6, 6.07) is 21.4. The molecule has 0 aromatic heterocycles. The summed E-state index contributed by atoms with van der Waals surface area (Å²) in [5.41, 5.74) is 3.40. The van der Waals surface area contributed by atoms with Crippen molar-refractivity contribution in [2.24, 2.45) is 5.10 Å². The minimum Gasteiger partial charge on any atom is -0.497 e. The molecule has 10 nitrogen and oxygen atoms in total. The van der Waals surface area contributed by atoms with Crippen molar-refractivity contribution >= 4 is 33.7 Å². The third kappa shape index (κ3) is 8.55. The maximum Gasteiger partial charge on any atom is 0.264 e. The van der Waals surface area contributed by atoms with Crippen LogP contribution in [0.4, 0.5) is 5.69 Å². The molecule has 0 unspecified atom stereocenters. The van der Waals surface area contributed by atoms with Gasteiger partial charge in [-0.1, -0.05) is 37.5 Å². The van der Waals surface area contributed by atoms with Crippen LogP contribution in [0.1, 0.15) is 37.7 Å². The Labute approximate surface area is 240 Å². The maximum atomic E-state index is 13.4. The molecule has 0 heterocycles. The van der Waals surface area contributed by atoms with Gasteiger partial charge in [0.1, 0.15) is 18.0 Å². The molecule has 1 saturated carbocycles. The lowest BCUT2D eigenvalue weighted by Crippen LogP contribution is -2.39. The zero-order valence-electron chi connectivity index (χ0n) is 22.9. The summed E-state index contributed by atoms with van der Waals surface area (Å²) in [5, 5.41) is 6.98. The van der Waals surface area contributed by atoms with Gasteiger partial charge in [0.05, 0.1) is 23.9 Å². The highest BCUT2D eigenvalue weighted by Gasteiger charge is 2.27. The second-order valence-electron chi connectivity index (χ2n) is 9.58. The van der Waals surface area contributed by atoms with Gasteiger partial charge in [0, 0.05) is 6.04 Å². The van der Waals surface area contributed by atoms with Crippen LogP contribution in [0, 0.1) is 0 Å². The molecule has 2 amide bonds. The molecule has 0 bridgehead atoms. The lowest BCUT2D eigenvalue weighted by atomic mass is 9.95. The number of ether oxygens (including phenoxy) is 2. The Morgan fingerprint density at radius 2 is 1.56 bits per heavy atom. The summed E-state index contributed by atoms with van der Waals surface area (Å²) < 4.78 is 38.6. The standard InChI is InChI=1S/C30H34N4O6S/c1-39-26-16-18-28(19-17-26)41(37,38)34(25-10-6-3-7-11-25)21-29(35)33-31-20-23-12-14-27(15-13-23)40-22-30(36)32-24-8-4-2-5-9-24/h3,6-7,10-20,24H,2,4-5,8-9,21-22H2,1H3,(H,32,36)(H,33,35)/b31-20-. The van der Waals surface area contributed by atoms with Crippen LogP contribution in [0.2, 0.25) is 0 Å². The Kier molecular flexibility index (Phi) is 10.3. The number of hydrogen-bond acceptors (Lipinski definition) is 7. The second-order valence-corrected chi connectivity index (χ2v) is 11.4. The quantitative estimate of drug-likeness (QED) is 0.248. The van der Waals surface area contributed by atoms with E-state index in [0.29, 0.717) is 22.7 Å². The summed E-state index contributed by atoms with van der Waals surface area (Å²) in [5.74, 6) is 0.296. The minimum absolute atomic E-state index is 0.0206. The van der Waals surface area contributed by atoms with Gasteiger partial charge >= 0.3 is 0 Å². The topological polar surface area (TPSA) is 126 Å². The molecule has 216 valence electrons. The highest BCUT2D eigenvalue weighted by molar-refractivity contribution is 7.92. The minimum atomic E-state index is -4.05. The van der Waals surface area contributed by atoms with Crippen LogP contribution in [0.5, 0.6) is 11.5 Å². The zero-order valence-corrected chi connectivity index (χ0v) is 23.7. The van der Waals surface area contributed by atoms with Crippen LogP contribution in [-0.4, -0.2) is 52.8 Å². The van der Waals surface area contributed by atoms with Gasteiger partial charge in [-0.3, -0.25) is 13.9 Å². The molecule has 4 rings (SSSR count). The molecular weight excluding hydrogens is 544 g/mol. The SMILES string of the molecule is COc1ccc(S(=O)(=O)N(CC(=O)N/N=C\c2ccc(OCC(=O)NC3CCCCC3)cc2)c2ccccc2)cc1. The number of amides is 2. The number of methoxy groups -OCH3 is 1. The van der Waals surface area contributed by atoms with Gasteiger partial charge in [-0.05, 0) is 79.1 Å². The van der Waals surface area contributed by atoms with E-state index in [0.717, 1.165) is 30.0 Å². The van der Waals surface area contributed by atoms with Gasteiger partial charge in [0.2, 0.25) is 0 Å². The molecule has 3 aromatic rings. The fourth-order valence-corrected chi connectivity index (χ4v) is 5.87. The number of carbonyl (C=O) groups excluding carboxylic acids is 2. The highest BCUT2D eigenvalue weighted by Crippen LogP contribution is 2.25. The van der Waals surface area contributed by atoms with E-state index >= 15 is 0 Å². The molecule has 3 aromatic carbocycles. The van der Waals surface area contributed by atoms with Gasteiger partial charge in [-0.15, -0.1) is 0 Å². The van der Waals surface area contributed by atoms with Crippen molar-refractivity contribution in [2.75, 3.05) is 24.6 Å². The van der Waals surface area contributed by atoms with Crippen LogP contribution in [0.15, 0.2) is 88.9 Å². The fraction of sp³-hybridized carbons (Fsp3) is 0.300. The smallest absolute Gasteiger partial charge is 0.264 e. The van der Waals surface area contributed by atoms with Gasteiger partial charge < -0.3 is 14.8 Å². The molecule has 0 spiro atoms. The Hall–Kier alpha value is -4.38. The van der Waals surface area contributed by atoms with Gasteiger partial charge in [-0.2, -0.15) is 5.10 Å². The average molecular weight is 579 g/mol. The van der Waals surface area contributed by atoms with Crippen molar-refractivity contribution in [1.82, 2.24) is 10.7 Å². The van der Waals surface area contributed by atoms with Crippen molar-refractivity contribution in [2.45, 2.75) is 43.0 Å². The molecule has 0 atom stereocenters. The summed E-state index contributed by atoms with van der Waals surface area (Å²) in [4.78, 5) is 24.9. The number of hydrogen-bond donors (Lipinski definition) is 2. The predicted molar refractivity (Wildman–Crippen MR) is 157 cm³/mol. The number of sulfonamides is 1. The highest BCUT2D eigenvalue weighted by atomic mass is 32.2.